The van der Waals surface area contributed by atoms with Crippen LogP contribution in [0.4, 0.5) is 0 Å². The number of carbonyl (C=O) groups excluding carboxylic acids is 1. The summed E-state index contributed by atoms with van der Waals surface area (Å²) in [4.78, 5) is 30.8. The van der Waals surface area contributed by atoms with Crippen LogP contribution in [-0.2, 0) is 17.8 Å². The molecule has 0 aliphatic rings. The van der Waals surface area contributed by atoms with Crippen LogP contribution < -0.4 is 5.56 Å². The van der Waals surface area contributed by atoms with Crippen molar-refractivity contribution in [3.05, 3.63) is 56.6 Å². The number of methoxy groups -OCH3 is 1. The number of Topliss-reactive ketones (excluding diaryl/α,β-unsaturated/α-hetero) is 1. The van der Waals surface area contributed by atoms with Crippen LogP contribution in [0.3, 0.4) is 0 Å². The van der Waals surface area contributed by atoms with Crippen molar-refractivity contribution in [3.8, 4) is 0 Å². The smallest absolute Gasteiger partial charge is 0.262 e. The molecule has 166 valence electrons. The molecule has 1 aromatic carbocycles. The fraction of sp³-hybridized carbons (Fsp3) is 0.435. The van der Waals surface area contributed by atoms with Crippen LogP contribution in [0.5, 0.6) is 0 Å². The molecule has 0 radical (unpaired) electrons. The fourth-order valence-electron chi connectivity index (χ4n) is 3.63. The van der Waals surface area contributed by atoms with E-state index in [1.807, 2.05) is 33.8 Å². The highest BCUT2D eigenvalue weighted by molar-refractivity contribution is 7.99. The average molecular weight is 462 g/mol. The number of rotatable bonds is 9. The molecule has 2 heterocycles. The quantitative estimate of drug-likeness (QED) is 0.261. The third-order valence-electron chi connectivity index (χ3n) is 5.16. The van der Waals surface area contributed by atoms with E-state index in [0.717, 1.165) is 11.4 Å². The van der Waals surface area contributed by atoms with E-state index in [4.69, 9.17) is 16.3 Å². The molecule has 0 spiro atoms. The molecule has 0 saturated heterocycles. The molecule has 8 heteroatoms. The standard InChI is InChI=1S/C23H28ClN3O3S/c1-14(2)12-27-22(29)18-7-6-17(24)11-20(18)25-23(27)31-13-21(28)19-10-15(3)26(16(19)4)8-9-30-5/h6-7,10-11,14H,8-9,12-13H2,1-5H3. The van der Waals surface area contributed by atoms with E-state index in [2.05, 4.69) is 9.55 Å². The number of thioether (sulfide) groups is 1. The van der Waals surface area contributed by atoms with Gasteiger partial charge in [0.1, 0.15) is 0 Å². The number of hydrogen-bond donors (Lipinski definition) is 0. The van der Waals surface area contributed by atoms with Crippen LogP contribution in [0.25, 0.3) is 10.9 Å². The lowest BCUT2D eigenvalue weighted by Crippen LogP contribution is -2.25. The van der Waals surface area contributed by atoms with Crippen molar-refractivity contribution in [1.29, 1.82) is 0 Å². The monoisotopic (exact) mass is 461 g/mol. The van der Waals surface area contributed by atoms with Crippen molar-refractivity contribution < 1.29 is 9.53 Å². The first kappa shape index (κ1) is 23.6. The Kier molecular flexibility index (Phi) is 7.62. The second kappa shape index (κ2) is 10.0. The molecular formula is C23H28ClN3O3S. The van der Waals surface area contributed by atoms with Crippen LogP contribution >= 0.6 is 23.4 Å². The average Bonchev–Trinajstić information content (AvgIpc) is 3.00. The molecule has 3 aromatic rings. The van der Waals surface area contributed by atoms with E-state index in [-0.39, 0.29) is 23.0 Å². The molecule has 0 N–H and O–H groups in total. The minimum Gasteiger partial charge on any atom is -0.383 e. The molecule has 0 amide bonds. The molecule has 3 rings (SSSR count). The van der Waals surface area contributed by atoms with E-state index >= 15 is 0 Å². The summed E-state index contributed by atoms with van der Waals surface area (Å²) < 4.78 is 8.93. The van der Waals surface area contributed by atoms with E-state index in [1.54, 1.807) is 29.9 Å². The third-order valence-corrected chi connectivity index (χ3v) is 6.37. The lowest BCUT2D eigenvalue weighted by atomic mass is 10.2. The van der Waals surface area contributed by atoms with Gasteiger partial charge in [0.2, 0.25) is 0 Å². The molecule has 0 unspecified atom stereocenters. The Morgan fingerprint density at radius 2 is 1.97 bits per heavy atom. The van der Waals surface area contributed by atoms with Gasteiger partial charge in [-0.05, 0) is 44.0 Å². The molecular weight excluding hydrogens is 434 g/mol. The highest BCUT2D eigenvalue weighted by Crippen LogP contribution is 2.24. The molecule has 0 fully saturated rings. The van der Waals surface area contributed by atoms with Crippen molar-refractivity contribution in [1.82, 2.24) is 14.1 Å². The summed E-state index contributed by atoms with van der Waals surface area (Å²) in [5.41, 5.74) is 3.09. The summed E-state index contributed by atoms with van der Waals surface area (Å²) in [5, 5.41) is 1.59. The summed E-state index contributed by atoms with van der Waals surface area (Å²) in [6, 6.07) is 7.01. The molecule has 31 heavy (non-hydrogen) atoms. The normalized spacial score (nSPS) is 11.6. The number of ketones is 1. The zero-order chi connectivity index (χ0) is 22.7. The highest BCUT2D eigenvalue weighted by Gasteiger charge is 2.19. The van der Waals surface area contributed by atoms with Gasteiger partial charge >= 0.3 is 0 Å². The van der Waals surface area contributed by atoms with Crippen LogP contribution in [0.1, 0.15) is 35.6 Å². The largest absolute Gasteiger partial charge is 0.383 e. The van der Waals surface area contributed by atoms with Gasteiger partial charge in [-0.25, -0.2) is 4.98 Å². The van der Waals surface area contributed by atoms with Gasteiger partial charge in [0, 0.05) is 42.2 Å². The van der Waals surface area contributed by atoms with Crippen molar-refractivity contribution in [3.63, 3.8) is 0 Å². The number of fused-ring (bicyclic) bond motifs is 1. The molecule has 0 aliphatic carbocycles. The van der Waals surface area contributed by atoms with Crippen LogP contribution in [0, 0.1) is 19.8 Å². The molecule has 0 bridgehead atoms. The van der Waals surface area contributed by atoms with Crippen molar-refractivity contribution >= 4 is 40.0 Å². The second-order valence-corrected chi connectivity index (χ2v) is 9.39. The first-order valence-corrected chi connectivity index (χ1v) is 11.6. The van der Waals surface area contributed by atoms with Gasteiger partial charge in [-0.2, -0.15) is 0 Å². The molecule has 6 nitrogen and oxygen atoms in total. The zero-order valence-corrected chi connectivity index (χ0v) is 20.1. The highest BCUT2D eigenvalue weighted by atomic mass is 35.5. The summed E-state index contributed by atoms with van der Waals surface area (Å²) >= 11 is 7.40. The Balaban J connectivity index is 1.91. The number of carbonyl (C=O) groups is 1. The van der Waals surface area contributed by atoms with E-state index in [1.165, 1.54) is 11.8 Å². The predicted molar refractivity (Wildman–Crippen MR) is 127 cm³/mol. The Bertz CT molecular complexity index is 1170. The Labute approximate surface area is 191 Å². The van der Waals surface area contributed by atoms with Crippen molar-refractivity contribution in [2.24, 2.45) is 5.92 Å². The minimum atomic E-state index is -0.108. The number of ether oxygens (including phenoxy) is 1. The maximum absolute atomic E-state index is 13.1. The number of hydrogen-bond acceptors (Lipinski definition) is 5. The first-order chi connectivity index (χ1) is 14.7. The Morgan fingerprint density at radius 3 is 2.65 bits per heavy atom. The number of aryl methyl sites for hydroxylation is 1. The maximum Gasteiger partial charge on any atom is 0.262 e. The van der Waals surface area contributed by atoms with Gasteiger partial charge in [-0.1, -0.05) is 37.2 Å². The summed E-state index contributed by atoms with van der Waals surface area (Å²) in [7, 11) is 1.66. The Hall–Kier alpha value is -2.09. The Morgan fingerprint density at radius 1 is 1.23 bits per heavy atom. The van der Waals surface area contributed by atoms with Gasteiger partial charge in [-0.15, -0.1) is 0 Å². The number of aromatic nitrogens is 3. The van der Waals surface area contributed by atoms with Crippen LogP contribution in [0.2, 0.25) is 5.02 Å². The third kappa shape index (κ3) is 5.22. The maximum atomic E-state index is 13.1. The van der Waals surface area contributed by atoms with Gasteiger partial charge in [0.25, 0.3) is 5.56 Å². The topological polar surface area (TPSA) is 66.1 Å². The van der Waals surface area contributed by atoms with Crippen molar-refractivity contribution in [2.45, 2.75) is 45.9 Å². The summed E-state index contributed by atoms with van der Waals surface area (Å²) in [6.45, 7) is 9.86. The van der Waals surface area contributed by atoms with Gasteiger partial charge in [0.15, 0.2) is 10.9 Å². The lowest BCUT2D eigenvalue weighted by Gasteiger charge is -2.15. The number of halogens is 1. The lowest BCUT2D eigenvalue weighted by molar-refractivity contribution is 0.102. The second-order valence-electron chi connectivity index (χ2n) is 8.01. The summed E-state index contributed by atoms with van der Waals surface area (Å²) in [6.07, 6.45) is 0. The zero-order valence-electron chi connectivity index (χ0n) is 18.6. The van der Waals surface area contributed by atoms with E-state index in [0.29, 0.717) is 46.3 Å². The van der Waals surface area contributed by atoms with Crippen LogP contribution in [0.15, 0.2) is 34.2 Å². The van der Waals surface area contributed by atoms with E-state index < -0.39 is 0 Å². The SMILES string of the molecule is COCCn1c(C)cc(C(=O)CSc2nc3cc(Cl)ccc3c(=O)n2CC(C)C)c1C. The van der Waals surface area contributed by atoms with Gasteiger partial charge in [0.05, 0.1) is 23.3 Å². The van der Waals surface area contributed by atoms with Crippen molar-refractivity contribution in [2.75, 3.05) is 19.5 Å². The number of nitrogens with zero attached hydrogens (tertiary/aromatic N) is 3. The molecule has 0 saturated carbocycles. The molecule has 2 aromatic heterocycles. The van der Waals surface area contributed by atoms with Crippen LogP contribution in [-0.4, -0.2) is 39.4 Å². The van der Waals surface area contributed by atoms with Gasteiger partial charge in [-0.3, -0.25) is 14.2 Å². The molecule has 0 aliphatic heterocycles. The first-order valence-electron chi connectivity index (χ1n) is 10.2. The van der Waals surface area contributed by atoms with E-state index in [9.17, 15) is 9.59 Å². The fourth-order valence-corrected chi connectivity index (χ4v) is 4.69. The minimum absolute atomic E-state index is 0.0123. The number of benzene rings is 1. The molecule has 0 atom stereocenters. The predicted octanol–water partition coefficient (Wildman–Crippen LogP) is 4.75. The van der Waals surface area contributed by atoms with Gasteiger partial charge < -0.3 is 9.30 Å². The summed E-state index contributed by atoms with van der Waals surface area (Å²) in [5.74, 6) is 0.475.